The van der Waals surface area contributed by atoms with Crippen LogP contribution in [-0.4, -0.2) is 24.0 Å². The number of hydrogen-bond acceptors (Lipinski definition) is 6. The number of fused-ring (bicyclic) bond motifs is 2. The normalized spacial score (nSPS) is 17.3. The molecule has 2 aliphatic heterocycles. The Morgan fingerprint density at radius 1 is 1.25 bits per heavy atom. The quantitative estimate of drug-likeness (QED) is 0.604. The number of Topliss-reactive ketones (excluding diaryl/α,β-unsaturated/α-hetero) is 1. The third-order valence-corrected chi connectivity index (χ3v) is 6.01. The maximum atomic E-state index is 12.8. The van der Waals surface area contributed by atoms with Gasteiger partial charge in [0.05, 0.1) is 11.8 Å². The summed E-state index contributed by atoms with van der Waals surface area (Å²) < 4.78 is 17.2. The molecule has 2 aromatic heterocycles. The van der Waals surface area contributed by atoms with Crippen molar-refractivity contribution in [3.8, 4) is 11.5 Å². The molecule has 0 aliphatic carbocycles. The Bertz CT molecular complexity index is 1050. The fraction of sp³-hybridized carbons (Fsp3) is 0.227. The number of hydrogen-bond donors (Lipinski definition) is 0. The third-order valence-electron chi connectivity index (χ3n) is 5.07. The molecule has 0 unspecified atom stereocenters. The molecular weight excluding hydrogens is 374 g/mol. The van der Waals surface area contributed by atoms with Crippen molar-refractivity contribution in [1.82, 2.24) is 4.90 Å². The first-order valence-corrected chi connectivity index (χ1v) is 10.1. The van der Waals surface area contributed by atoms with Gasteiger partial charge < -0.3 is 13.9 Å². The average molecular weight is 393 g/mol. The van der Waals surface area contributed by atoms with Crippen LogP contribution >= 0.6 is 11.3 Å². The van der Waals surface area contributed by atoms with Crippen LogP contribution in [-0.2, 0) is 13.0 Å². The van der Waals surface area contributed by atoms with E-state index in [1.807, 2.05) is 13.0 Å². The highest BCUT2D eigenvalue weighted by Gasteiger charge is 2.33. The molecule has 0 amide bonds. The Balaban J connectivity index is 1.39. The Morgan fingerprint density at radius 3 is 2.96 bits per heavy atom. The van der Waals surface area contributed by atoms with E-state index in [0.29, 0.717) is 23.8 Å². The van der Waals surface area contributed by atoms with Crippen LogP contribution in [0, 0.1) is 6.92 Å². The third kappa shape index (κ3) is 3.04. The molecule has 5 rings (SSSR count). The molecule has 0 fully saturated rings. The summed E-state index contributed by atoms with van der Waals surface area (Å²) in [6, 6.07) is 9.72. The second-order valence-electron chi connectivity index (χ2n) is 6.98. The van der Waals surface area contributed by atoms with E-state index >= 15 is 0 Å². The molecule has 0 radical (unpaired) electrons. The Labute approximate surface area is 166 Å². The second-order valence-corrected chi connectivity index (χ2v) is 8.01. The molecule has 4 heterocycles. The maximum Gasteiger partial charge on any atom is 0.232 e. The van der Waals surface area contributed by atoms with Gasteiger partial charge in [0.15, 0.2) is 5.76 Å². The van der Waals surface area contributed by atoms with E-state index in [2.05, 4.69) is 22.4 Å². The first-order chi connectivity index (χ1) is 13.7. The molecule has 142 valence electrons. The molecular formula is C22H19NO4S. The summed E-state index contributed by atoms with van der Waals surface area (Å²) in [6.07, 6.45) is 4.20. The number of ketones is 1. The minimum Gasteiger partial charge on any atom is -0.477 e. The van der Waals surface area contributed by atoms with Crippen molar-refractivity contribution in [3.63, 3.8) is 0 Å². The van der Waals surface area contributed by atoms with E-state index < -0.39 is 0 Å². The van der Waals surface area contributed by atoms with Crippen molar-refractivity contribution in [3.05, 3.63) is 75.1 Å². The summed E-state index contributed by atoms with van der Waals surface area (Å²) in [4.78, 5) is 16.5. The molecule has 0 atom stereocenters. The number of ether oxygens (including phenoxy) is 2. The summed E-state index contributed by atoms with van der Waals surface area (Å²) in [6.45, 7) is 4.17. The zero-order chi connectivity index (χ0) is 19.1. The lowest BCUT2D eigenvalue weighted by Gasteiger charge is -2.30. The van der Waals surface area contributed by atoms with Crippen LogP contribution in [0.1, 0.15) is 32.1 Å². The highest BCUT2D eigenvalue weighted by molar-refractivity contribution is 7.09. The molecule has 0 spiro atoms. The minimum absolute atomic E-state index is 0.118. The van der Waals surface area contributed by atoms with Gasteiger partial charge in [-0.15, -0.1) is 11.3 Å². The molecule has 0 saturated carbocycles. The number of rotatable bonds is 4. The number of nitrogens with zero attached hydrogens (tertiary/aromatic N) is 1. The predicted molar refractivity (Wildman–Crippen MR) is 107 cm³/mol. The lowest BCUT2D eigenvalue weighted by atomic mass is 10.00. The zero-order valence-electron chi connectivity index (χ0n) is 15.4. The van der Waals surface area contributed by atoms with Crippen LogP contribution < -0.4 is 9.47 Å². The lowest BCUT2D eigenvalue weighted by molar-refractivity contribution is 0.0956. The molecule has 6 heteroatoms. The minimum atomic E-state index is -0.118. The SMILES string of the molecule is Cc1c2c(cc3c1O/C(=C\c1ccco1)C3=O)CN(CCc1cccs1)CO2. The van der Waals surface area contributed by atoms with Gasteiger partial charge in [-0.3, -0.25) is 9.69 Å². The fourth-order valence-corrected chi connectivity index (χ4v) is 4.36. The van der Waals surface area contributed by atoms with E-state index in [9.17, 15) is 4.79 Å². The van der Waals surface area contributed by atoms with Gasteiger partial charge in [-0.05, 0) is 43.0 Å². The number of thiophene rings is 1. The Hall–Kier alpha value is -2.83. The smallest absolute Gasteiger partial charge is 0.232 e. The largest absolute Gasteiger partial charge is 0.477 e. The molecule has 2 aliphatic rings. The van der Waals surface area contributed by atoms with Gasteiger partial charge in [0.1, 0.15) is 24.0 Å². The van der Waals surface area contributed by atoms with Crippen LogP contribution in [0.2, 0.25) is 0 Å². The van der Waals surface area contributed by atoms with Crippen molar-refractivity contribution in [2.24, 2.45) is 0 Å². The first kappa shape index (κ1) is 17.3. The van der Waals surface area contributed by atoms with Gasteiger partial charge in [-0.25, -0.2) is 0 Å². The molecule has 3 aromatic rings. The second kappa shape index (κ2) is 6.96. The van der Waals surface area contributed by atoms with Crippen molar-refractivity contribution in [2.75, 3.05) is 13.3 Å². The van der Waals surface area contributed by atoms with Gasteiger partial charge >= 0.3 is 0 Å². The van der Waals surface area contributed by atoms with Crippen LogP contribution in [0.5, 0.6) is 11.5 Å². The summed E-state index contributed by atoms with van der Waals surface area (Å²) in [5.74, 6) is 2.18. The van der Waals surface area contributed by atoms with E-state index in [1.165, 1.54) is 4.88 Å². The average Bonchev–Trinajstić information content (AvgIpc) is 3.45. The molecule has 0 N–H and O–H groups in total. The highest BCUT2D eigenvalue weighted by Crippen LogP contribution is 2.43. The summed E-state index contributed by atoms with van der Waals surface area (Å²) in [5, 5.41) is 2.10. The maximum absolute atomic E-state index is 12.8. The van der Waals surface area contributed by atoms with Gasteiger partial charge in [0.25, 0.3) is 0 Å². The number of carbonyl (C=O) groups is 1. The monoisotopic (exact) mass is 393 g/mol. The summed E-state index contributed by atoms with van der Waals surface area (Å²) in [7, 11) is 0. The first-order valence-electron chi connectivity index (χ1n) is 9.21. The predicted octanol–water partition coefficient (Wildman–Crippen LogP) is 4.66. The molecule has 0 bridgehead atoms. The zero-order valence-corrected chi connectivity index (χ0v) is 16.3. The number of allylic oxidation sites excluding steroid dienone is 1. The molecule has 0 saturated heterocycles. The topological polar surface area (TPSA) is 51.9 Å². The van der Waals surface area contributed by atoms with E-state index in [-0.39, 0.29) is 11.5 Å². The van der Waals surface area contributed by atoms with E-state index in [0.717, 1.165) is 36.4 Å². The number of carbonyl (C=O) groups excluding carboxylic acids is 1. The Morgan fingerprint density at radius 2 is 2.18 bits per heavy atom. The Kier molecular flexibility index (Phi) is 4.30. The van der Waals surface area contributed by atoms with E-state index in [4.69, 9.17) is 13.9 Å². The molecule has 5 nitrogen and oxygen atoms in total. The number of benzene rings is 1. The van der Waals surface area contributed by atoms with Crippen molar-refractivity contribution >= 4 is 23.2 Å². The van der Waals surface area contributed by atoms with Gasteiger partial charge in [0.2, 0.25) is 5.78 Å². The number of furan rings is 1. The van der Waals surface area contributed by atoms with Gasteiger partial charge in [-0.1, -0.05) is 6.07 Å². The highest BCUT2D eigenvalue weighted by atomic mass is 32.1. The van der Waals surface area contributed by atoms with Crippen LogP contribution in [0.4, 0.5) is 0 Å². The fourth-order valence-electron chi connectivity index (χ4n) is 3.67. The van der Waals surface area contributed by atoms with Crippen molar-refractivity contribution < 1.29 is 18.7 Å². The van der Waals surface area contributed by atoms with Crippen molar-refractivity contribution in [1.29, 1.82) is 0 Å². The van der Waals surface area contributed by atoms with Gasteiger partial charge in [0, 0.05) is 35.2 Å². The standard InChI is InChI=1S/C22H19NO4S/c1-14-21-15(12-23(13-26-21)7-6-17-5-3-9-28-17)10-18-20(24)19(27-22(14)18)11-16-4-2-8-25-16/h2-5,8-11H,6-7,12-13H2,1H3/b19-11-. The summed E-state index contributed by atoms with van der Waals surface area (Å²) >= 11 is 1.78. The lowest BCUT2D eigenvalue weighted by Crippen LogP contribution is -2.34. The molecule has 1 aromatic carbocycles. The van der Waals surface area contributed by atoms with Crippen LogP contribution in [0.15, 0.2) is 52.2 Å². The van der Waals surface area contributed by atoms with E-state index in [1.54, 1.807) is 35.8 Å². The van der Waals surface area contributed by atoms with Crippen LogP contribution in [0.25, 0.3) is 6.08 Å². The van der Waals surface area contributed by atoms with Crippen molar-refractivity contribution in [2.45, 2.75) is 19.9 Å². The molecule has 28 heavy (non-hydrogen) atoms. The van der Waals surface area contributed by atoms with Gasteiger partial charge in [-0.2, -0.15) is 0 Å². The van der Waals surface area contributed by atoms with Crippen LogP contribution in [0.3, 0.4) is 0 Å². The summed E-state index contributed by atoms with van der Waals surface area (Å²) in [5.41, 5.74) is 2.50.